The summed E-state index contributed by atoms with van der Waals surface area (Å²) in [6, 6.07) is 0. The normalized spacial score (nSPS) is 11.0. The Morgan fingerprint density at radius 1 is 1.47 bits per heavy atom. The molecule has 0 saturated heterocycles. The zero-order valence-electron chi connectivity index (χ0n) is 10.9. The quantitative estimate of drug-likeness (QED) is 0.858. The summed E-state index contributed by atoms with van der Waals surface area (Å²) in [6.07, 6.45) is 2.27. The lowest BCUT2D eigenvalue weighted by molar-refractivity contribution is 0.625. The molecule has 0 amide bonds. The average molecular weight is 346 g/mol. The van der Waals surface area contributed by atoms with Crippen LogP contribution in [0, 0.1) is 6.92 Å². The minimum absolute atomic E-state index is 0.122. The molecule has 0 aliphatic rings. The number of hydrogen-bond donors (Lipinski definition) is 0. The maximum atomic E-state index is 12.1. The molecule has 2 rings (SSSR count). The first-order valence-corrected chi connectivity index (χ1v) is 7.05. The van der Waals surface area contributed by atoms with Gasteiger partial charge in [0.2, 0.25) is 0 Å². The fourth-order valence-electron chi connectivity index (χ4n) is 1.88. The molecular formula is C12H14BrClN4O. The Morgan fingerprint density at radius 3 is 2.74 bits per heavy atom. The van der Waals surface area contributed by atoms with Gasteiger partial charge in [0.15, 0.2) is 0 Å². The molecule has 0 spiro atoms. The van der Waals surface area contributed by atoms with Gasteiger partial charge in [0.1, 0.15) is 10.3 Å². The van der Waals surface area contributed by atoms with Crippen molar-refractivity contribution in [2.75, 3.05) is 0 Å². The number of rotatable bonds is 3. The highest BCUT2D eigenvalue weighted by atomic mass is 79.9. The van der Waals surface area contributed by atoms with Crippen molar-refractivity contribution >= 4 is 27.5 Å². The molecule has 0 fully saturated rings. The Kier molecular flexibility index (Phi) is 4.10. The zero-order chi connectivity index (χ0) is 14.2. The molecule has 102 valence electrons. The molecule has 2 heterocycles. The van der Waals surface area contributed by atoms with E-state index in [9.17, 15) is 4.79 Å². The molecule has 0 radical (unpaired) electrons. The van der Waals surface area contributed by atoms with Crippen LogP contribution in [0.15, 0.2) is 15.5 Å². The number of hydrogen-bond acceptors (Lipinski definition) is 3. The Bertz CT molecular complexity index is 677. The van der Waals surface area contributed by atoms with Gasteiger partial charge < -0.3 is 0 Å². The highest BCUT2D eigenvalue weighted by Crippen LogP contribution is 2.21. The van der Waals surface area contributed by atoms with Crippen molar-refractivity contribution < 1.29 is 0 Å². The van der Waals surface area contributed by atoms with Gasteiger partial charge >= 0.3 is 0 Å². The molecule has 0 bridgehead atoms. The van der Waals surface area contributed by atoms with E-state index in [-0.39, 0.29) is 5.56 Å². The minimum atomic E-state index is -0.122. The highest BCUT2D eigenvalue weighted by Gasteiger charge is 2.15. The van der Waals surface area contributed by atoms with E-state index in [0.717, 1.165) is 17.8 Å². The van der Waals surface area contributed by atoms with E-state index in [2.05, 4.69) is 26.0 Å². The first kappa shape index (κ1) is 14.3. The third-order valence-corrected chi connectivity index (χ3v) is 4.00. The Balaban J connectivity index is 2.51. The van der Waals surface area contributed by atoms with Crippen molar-refractivity contribution in [1.82, 2.24) is 19.3 Å². The summed E-state index contributed by atoms with van der Waals surface area (Å²) in [6.45, 7) is 4.15. The lowest BCUT2D eigenvalue weighted by atomic mass is 10.3. The predicted molar refractivity (Wildman–Crippen MR) is 77.6 cm³/mol. The van der Waals surface area contributed by atoms with Gasteiger partial charge in [-0.15, -0.1) is 0 Å². The van der Waals surface area contributed by atoms with Crippen LogP contribution in [0.1, 0.15) is 24.1 Å². The van der Waals surface area contributed by atoms with Gasteiger partial charge in [-0.1, -0.05) is 18.5 Å². The first-order chi connectivity index (χ1) is 8.95. The molecule has 2 aromatic heterocycles. The summed E-state index contributed by atoms with van der Waals surface area (Å²) in [5, 5.41) is 4.97. The molecule has 19 heavy (non-hydrogen) atoms. The third kappa shape index (κ3) is 2.60. The number of aromatic nitrogens is 4. The van der Waals surface area contributed by atoms with E-state index in [1.807, 2.05) is 14.0 Å². The summed E-state index contributed by atoms with van der Waals surface area (Å²) in [4.78, 5) is 16.3. The van der Waals surface area contributed by atoms with Crippen molar-refractivity contribution in [1.29, 1.82) is 0 Å². The second-order valence-electron chi connectivity index (χ2n) is 4.23. The van der Waals surface area contributed by atoms with Crippen LogP contribution >= 0.6 is 27.5 Å². The molecule has 7 heteroatoms. The van der Waals surface area contributed by atoms with Crippen molar-refractivity contribution in [2.45, 2.75) is 26.8 Å². The van der Waals surface area contributed by atoms with E-state index in [1.54, 1.807) is 16.2 Å². The summed E-state index contributed by atoms with van der Waals surface area (Å²) >= 11 is 9.49. The van der Waals surface area contributed by atoms with Crippen molar-refractivity contribution in [2.24, 2.45) is 7.05 Å². The van der Waals surface area contributed by atoms with Crippen LogP contribution in [-0.2, 0) is 20.0 Å². The lowest BCUT2D eigenvalue weighted by Crippen LogP contribution is -2.25. The molecule has 0 aliphatic carbocycles. The van der Waals surface area contributed by atoms with Gasteiger partial charge in [0, 0.05) is 13.2 Å². The van der Waals surface area contributed by atoms with Crippen LogP contribution < -0.4 is 5.56 Å². The standard InChI is InChI=1S/C12H14BrClN4O/c1-4-9-11(14)10(17(3)16-9)6-18-7(2)15-5-8(13)12(18)19/h5H,4,6H2,1-3H3. The minimum Gasteiger partial charge on any atom is -0.290 e. The first-order valence-electron chi connectivity index (χ1n) is 5.87. The van der Waals surface area contributed by atoms with Gasteiger partial charge in [0.05, 0.1) is 23.0 Å². The van der Waals surface area contributed by atoms with E-state index >= 15 is 0 Å². The number of nitrogens with zero attached hydrogens (tertiary/aromatic N) is 4. The molecule has 2 aromatic rings. The van der Waals surface area contributed by atoms with Crippen LogP contribution in [0.2, 0.25) is 5.02 Å². The summed E-state index contributed by atoms with van der Waals surface area (Å²) < 4.78 is 3.73. The number of halogens is 2. The van der Waals surface area contributed by atoms with Crippen molar-refractivity contribution in [3.63, 3.8) is 0 Å². The van der Waals surface area contributed by atoms with Crippen molar-refractivity contribution in [3.05, 3.63) is 43.3 Å². The molecule has 5 nitrogen and oxygen atoms in total. The van der Waals surface area contributed by atoms with Crippen LogP contribution in [0.25, 0.3) is 0 Å². The fraction of sp³-hybridized carbons (Fsp3) is 0.417. The maximum absolute atomic E-state index is 12.1. The van der Waals surface area contributed by atoms with Crippen LogP contribution in [0.3, 0.4) is 0 Å². The van der Waals surface area contributed by atoms with E-state index < -0.39 is 0 Å². The Labute approximate surface area is 124 Å². The second kappa shape index (κ2) is 5.46. The van der Waals surface area contributed by atoms with Gasteiger partial charge in [0.25, 0.3) is 5.56 Å². The summed E-state index contributed by atoms with van der Waals surface area (Å²) in [5.41, 5.74) is 1.53. The van der Waals surface area contributed by atoms with E-state index in [4.69, 9.17) is 11.6 Å². The summed E-state index contributed by atoms with van der Waals surface area (Å²) in [5.74, 6) is 0.642. The Morgan fingerprint density at radius 2 is 2.16 bits per heavy atom. The average Bonchev–Trinajstić information content (AvgIpc) is 2.65. The molecule has 0 saturated carbocycles. The van der Waals surface area contributed by atoms with Gasteiger partial charge in [-0.3, -0.25) is 14.0 Å². The van der Waals surface area contributed by atoms with Crippen molar-refractivity contribution in [3.8, 4) is 0 Å². The molecular weight excluding hydrogens is 332 g/mol. The van der Waals surface area contributed by atoms with Gasteiger partial charge in [-0.25, -0.2) is 4.98 Å². The maximum Gasteiger partial charge on any atom is 0.268 e. The lowest BCUT2D eigenvalue weighted by Gasteiger charge is -2.10. The SMILES string of the molecule is CCc1nn(C)c(Cn2c(C)ncc(Br)c2=O)c1Cl. The largest absolute Gasteiger partial charge is 0.290 e. The summed E-state index contributed by atoms with van der Waals surface area (Å²) in [7, 11) is 1.83. The Hall–Kier alpha value is -1.14. The molecule has 0 aromatic carbocycles. The fourth-order valence-corrected chi connectivity index (χ4v) is 2.55. The molecule has 0 atom stereocenters. The topological polar surface area (TPSA) is 52.7 Å². The third-order valence-electron chi connectivity index (χ3n) is 3.02. The number of aryl methyl sites for hydroxylation is 3. The van der Waals surface area contributed by atoms with Crippen LogP contribution in [-0.4, -0.2) is 19.3 Å². The molecule has 0 unspecified atom stereocenters. The van der Waals surface area contributed by atoms with Gasteiger partial charge in [-0.05, 0) is 29.3 Å². The molecule has 0 N–H and O–H groups in total. The van der Waals surface area contributed by atoms with E-state index in [1.165, 1.54) is 6.20 Å². The zero-order valence-corrected chi connectivity index (χ0v) is 13.3. The van der Waals surface area contributed by atoms with Crippen LogP contribution in [0.5, 0.6) is 0 Å². The second-order valence-corrected chi connectivity index (χ2v) is 5.46. The highest BCUT2D eigenvalue weighted by molar-refractivity contribution is 9.10. The van der Waals surface area contributed by atoms with Crippen LogP contribution in [0.4, 0.5) is 0 Å². The predicted octanol–water partition coefficient (Wildman–Crippen LogP) is 2.31. The van der Waals surface area contributed by atoms with Gasteiger partial charge in [-0.2, -0.15) is 5.10 Å². The molecule has 0 aliphatic heterocycles. The van der Waals surface area contributed by atoms with E-state index in [0.29, 0.717) is 21.9 Å². The smallest absolute Gasteiger partial charge is 0.268 e. The monoisotopic (exact) mass is 344 g/mol.